The van der Waals surface area contributed by atoms with Gasteiger partial charge in [0.2, 0.25) is 5.91 Å². The zero-order chi connectivity index (χ0) is 16.3. The first kappa shape index (κ1) is 16.4. The molecule has 1 aromatic rings. The van der Waals surface area contributed by atoms with E-state index in [0.29, 0.717) is 13.0 Å². The molecule has 1 spiro atoms. The normalized spacial score (nSPS) is 26.3. The van der Waals surface area contributed by atoms with Crippen LogP contribution in [0.5, 0.6) is 0 Å². The highest BCUT2D eigenvalue weighted by Gasteiger charge is 2.49. The number of carbonyl (C=O) groups excluding carboxylic acids is 1. The van der Waals surface area contributed by atoms with Crippen molar-refractivity contribution < 1.29 is 14.4 Å². The molecule has 5 heteroatoms. The summed E-state index contributed by atoms with van der Waals surface area (Å²) >= 11 is 0. The van der Waals surface area contributed by atoms with Gasteiger partial charge in [-0.3, -0.25) is 14.6 Å². The minimum Gasteiger partial charge on any atom is -0.375 e. The summed E-state index contributed by atoms with van der Waals surface area (Å²) in [5.41, 5.74) is 0.683. The number of hydroxylamine groups is 2. The number of hydrogen-bond donors (Lipinski definition) is 0. The first-order valence-electron chi connectivity index (χ1n) is 8.45. The van der Waals surface area contributed by atoms with Gasteiger partial charge in [0, 0.05) is 37.4 Å². The fraction of sp³-hybridized carbons (Fsp3) is 0.667. The Balaban J connectivity index is 1.92. The Labute approximate surface area is 137 Å². The van der Waals surface area contributed by atoms with E-state index in [9.17, 15) is 4.79 Å². The van der Waals surface area contributed by atoms with Crippen LogP contribution in [0, 0.1) is 0 Å². The molecule has 126 valence electrons. The molecule has 1 aromatic heterocycles. The van der Waals surface area contributed by atoms with Crippen molar-refractivity contribution >= 4 is 5.91 Å². The molecule has 23 heavy (non-hydrogen) atoms. The first-order valence-corrected chi connectivity index (χ1v) is 8.45. The van der Waals surface area contributed by atoms with Crippen molar-refractivity contribution in [3.63, 3.8) is 0 Å². The molecule has 1 aliphatic carbocycles. The molecular weight excluding hydrogens is 292 g/mol. The third-order valence-corrected chi connectivity index (χ3v) is 5.49. The van der Waals surface area contributed by atoms with E-state index in [1.54, 1.807) is 7.05 Å². The predicted octanol–water partition coefficient (Wildman–Crippen LogP) is 2.85. The van der Waals surface area contributed by atoms with Gasteiger partial charge in [-0.05, 0) is 37.8 Å². The van der Waals surface area contributed by atoms with Crippen LogP contribution in [0.3, 0.4) is 0 Å². The minimum absolute atomic E-state index is 0.00630. The molecule has 1 saturated carbocycles. The summed E-state index contributed by atoms with van der Waals surface area (Å²) in [5.74, 6) is -0.00630. The van der Waals surface area contributed by atoms with Crippen molar-refractivity contribution in [2.75, 3.05) is 20.8 Å². The van der Waals surface area contributed by atoms with Gasteiger partial charge in [-0.15, -0.1) is 0 Å². The number of amides is 1. The second-order valence-electron chi connectivity index (χ2n) is 6.91. The lowest BCUT2D eigenvalue weighted by Crippen LogP contribution is -2.48. The summed E-state index contributed by atoms with van der Waals surface area (Å²) in [7, 11) is 3.19. The highest BCUT2D eigenvalue weighted by Crippen LogP contribution is 2.49. The number of hydrogen-bond acceptors (Lipinski definition) is 4. The molecule has 2 heterocycles. The van der Waals surface area contributed by atoms with E-state index in [4.69, 9.17) is 9.57 Å². The highest BCUT2D eigenvalue weighted by molar-refractivity contribution is 5.76. The van der Waals surface area contributed by atoms with Crippen molar-refractivity contribution in [3.05, 3.63) is 30.1 Å². The average molecular weight is 318 g/mol. The summed E-state index contributed by atoms with van der Waals surface area (Å²) in [6.07, 6.45) is 8.55. The molecule has 2 aliphatic rings. The van der Waals surface area contributed by atoms with Gasteiger partial charge < -0.3 is 4.74 Å². The largest absolute Gasteiger partial charge is 0.375 e. The Morgan fingerprint density at radius 3 is 2.78 bits per heavy atom. The lowest BCUT2D eigenvalue weighted by Gasteiger charge is -2.46. The number of pyridine rings is 1. The van der Waals surface area contributed by atoms with Crippen molar-refractivity contribution in [2.45, 2.75) is 56.0 Å². The van der Waals surface area contributed by atoms with E-state index in [1.165, 1.54) is 25.0 Å². The van der Waals surface area contributed by atoms with E-state index in [0.717, 1.165) is 31.4 Å². The van der Waals surface area contributed by atoms with E-state index in [-0.39, 0.29) is 16.9 Å². The van der Waals surface area contributed by atoms with Gasteiger partial charge in [-0.2, -0.15) is 0 Å². The summed E-state index contributed by atoms with van der Waals surface area (Å²) < 4.78 is 6.19. The minimum atomic E-state index is -0.256. The second kappa shape index (κ2) is 6.57. The van der Waals surface area contributed by atoms with Crippen molar-refractivity contribution in [3.8, 4) is 0 Å². The number of rotatable bonds is 4. The third kappa shape index (κ3) is 3.26. The molecule has 0 radical (unpaired) electrons. The quantitative estimate of drug-likeness (QED) is 0.801. The molecular formula is C18H26N2O3. The van der Waals surface area contributed by atoms with E-state index in [2.05, 4.69) is 4.98 Å². The molecule has 2 fully saturated rings. The summed E-state index contributed by atoms with van der Waals surface area (Å²) in [5, 5.41) is 1.32. The maximum Gasteiger partial charge on any atom is 0.246 e. The number of carbonyl (C=O) groups is 1. The standard InChI is InChI=1S/C18H26N2O3/c1-20(22-2)16(21)13-17(15-7-3-6-11-19-15)10-12-23-18(14-17)8-4-5-9-18/h3,6-7,11H,4-5,8-10,12-14H2,1-2H3/t17-/m0/s1. The Morgan fingerprint density at radius 1 is 1.35 bits per heavy atom. The van der Waals surface area contributed by atoms with E-state index < -0.39 is 0 Å². The van der Waals surface area contributed by atoms with Crippen LogP contribution in [-0.2, 0) is 19.8 Å². The van der Waals surface area contributed by atoms with Crippen molar-refractivity contribution in [1.29, 1.82) is 0 Å². The summed E-state index contributed by atoms with van der Waals surface area (Å²) in [4.78, 5) is 22.2. The summed E-state index contributed by atoms with van der Waals surface area (Å²) in [6, 6.07) is 5.98. The zero-order valence-electron chi connectivity index (χ0n) is 14.1. The maximum atomic E-state index is 12.6. The van der Waals surface area contributed by atoms with Crippen molar-refractivity contribution in [1.82, 2.24) is 10.0 Å². The van der Waals surface area contributed by atoms with Crippen LogP contribution in [0.4, 0.5) is 0 Å². The fourth-order valence-electron chi connectivity index (χ4n) is 4.20. The molecule has 1 atom stereocenters. The van der Waals surface area contributed by atoms with E-state index >= 15 is 0 Å². The van der Waals surface area contributed by atoms with E-state index in [1.807, 2.05) is 24.4 Å². The number of ether oxygens (including phenoxy) is 1. The van der Waals surface area contributed by atoms with Crippen LogP contribution in [-0.4, -0.2) is 42.3 Å². The number of aromatic nitrogens is 1. The molecule has 3 rings (SSSR count). The molecule has 1 aliphatic heterocycles. The topological polar surface area (TPSA) is 51.7 Å². The smallest absolute Gasteiger partial charge is 0.246 e. The third-order valence-electron chi connectivity index (χ3n) is 5.49. The van der Waals surface area contributed by atoms with Crippen LogP contribution in [0.1, 0.15) is 50.6 Å². The van der Waals surface area contributed by atoms with Gasteiger partial charge in [0.25, 0.3) is 0 Å². The fourth-order valence-corrected chi connectivity index (χ4v) is 4.20. The average Bonchev–Trinajstić information content (AvgIpc) is 3.02. The second-order valence-corrected chi connectivity index (χ2v) is 6.91. The Kier molecular flexibility index (Phi) is 4.69. The highest BCUT2D eigenvalue weighted by atomic mass is 16.7. The summed E-state index contributed by atoms with van der Waals surface area (Å²) in [6.45, 7) is 0.695. The Morgan fingerprint density at radius 2 is 2.13 bits per heavy atom. The molecule has 5 nitrogen and oxygen atoms in total. The molecule has 1 saturated heterocycles. The maximum absolute atomic E-state index is 12.6. The zero-order valence-corrected chi connectivity index (χ0v) is 14.1. The molecule has 0 N–H and O–H groups in total. The van der Waals surface area contributed by atoms with Gasteiger partial charge in [0.1, 0.15) is 0 Å². The SMILES string of the molecule is CON(C)C(=O)C[C@@]1(c2ccccn2)CCOC2(CCCC2)C1. The predicted molar refractivity (Wildman–Crippen MR) is 86.7 cm³/mol. The molecule has 0 bridgehead atoms. The Hall–Kier alpha value is -1.46. The van der Waals surface area contributed by atoms with Gasteiger partial charge in [0.15, 0.2) is 0 Å². The molecule has 0 unspecified atom stereocenters. The monoisotopic (exact) mass is 318 g/mol. The van der Waals surface area contributed by atoms with Crippen LogP contribution < -0.4 is 0 Å². The van der Waals surface area contributed by atoms with Crippen LogP contribution >= 0.6 is 0 Å². The lowest BCUT2D eigenvalue weighted by molar-refractivity contribution is -0.173. The van der Waals surface area contributed by atoms with Gasteiger partial charge in [0.05, 0.1) is 12.7 Å². The molecule has 0 aromatic carbocycles. The van der Waals surface area contributed by atoms with Crippen LogP contribution in [0.25, 0.3) is 0 Å². The van der Waals surface area contributed by atoms with Crippen molar-refractivity contribution in [2.24, 2.45) is 0 Å². The lowest BCUT2D eigenvalue weighted by atomic mass is 9.67. The first-order chi connectivity index (χ1) is 11.1. The number of nitrogens with zero attached hydrogens (tertiary/aromatic N) is 2. The molecule has 1 amide bonds. The van der Waals surface area contributed by atoms with Gasteiger partial charge >= 0.3 is 0 Å². The van der Waals surface area contributed by atoms with Crippen LogP contribution in [0.2, 0.25) is 0 Å². The van der Waals surface area contributed by atoms with Gasteiger partial charge in [-0.1, -0.05) is 18.9 Å². The van der Waals surface area contributed by atoms with Crippen LogP contribution in [0.15, 0.2) is 24.4 Å². The van der Waals surface area contributed by atoms with Gasteiger partial charge in [-0.25, -0.2) is 5.06 Å². The Bertz CT molecular complexity index is 542.